The summed E-state index contributed by atoms with van der Waals surface area (Å²) in [5, 5.41) is 9.18. The fourth-order valence-electron chi connectivity index (χ4n) is 1.55. The van der Waals surface area contributed by atoms with Gasteiger partial charge in [-0.25, -0.2) is 0 Å². The fraction of sp³-hybridized carbons (Fsp3) is 0.200. The Kier molecular flexibility index (Phi) is 4.98. The van der Waals surface area contributed by atoms with Gasteiger partial charge in [-0.3, -0.25) is 0 Å². The zero-order chi connectivity index (χ0) is 13.5. The standard InChI is InChI=1S/C15H16O3S/c1-17-13-3-2-4-14(11-13)18-9-10-19-15-7-5-12(16)6-8-15/h2-8,11,16H,9-10H2,1H3. The number of hydrogen-bond donors (Lipinski definition) is 1. The van der Waals surface area contributed by atoms with E-state index in [0.717, 1.165) is 22.1 Å². The van der Waals surface area contributed by atoms with E-state index in [1.165, 1.54) is 0 Å². The second-order valence-electron chi connectivity index (χ2n) is 3.87. The molecule has 1 N–H and O–H groups in total. The van der Waals surface area contributed by atoms with Crippen molar-refractivity contribution in [1.82, 2.24) is 0 Å². The lowest BCUT2D eigenvalue weighted by Crippen LogP contribution is -2.00. The number of aromatic hydroxyl groups is 1. The minimum Gasteiger partial charge on any atom is -0.508 e. The molecule has 19 heavy (non-hydrogen) atoms. The molecule has 0 heterocycles. The summed E-state index contributed by atoms with van der Waals surface area (Å²) >= 11 is 1.69. The van der Waals surface area contributed by atoms with Crippen molar-refractivity contribution in [3.8, 4) is 17.2 Å². The first kappa shape index (κ1) is 13.6. The van der Waals surface area contributed by atoms with Gasteiger partial charge in [-0.05, 0) is 36.4 Å². The van der Waals surface area contributed by atoms with Crippen LogP contribution < -0.4 is 9.47 Å². The molecule has 0 amide bonds. The van der Waals surface area contributed by atoms with E-state index >= 15 is 0 Å². The quantitative estimate of drug-likeness (QED) is 0.646. The molecule has 0 fully saturated rings. The van der Waals surface area contributed by atoms with Crippen LogP contribution in [0.4, 0.5) is 0 Å². The summed E-state index contributed by atoms with van der Waals surface area (Å²) in [5.74, 6) is 2.74. The van der Waals surface area contributed by atoms with Crippen LogP contribution in [0.1, 0.15) is 0 Å². The number of methoxy groups -OCH3 is 1. The summed E-state index contributed by atoms with van der Waals surface area (Å²) in [4.78, 5) is 1.12. The Morgan fingerprint density at radius 2 is 1.79 bits per heavy atom. The monoisotopic (exact) mass is 276 g/mol. The second kappa shape index (κ2) is 6.95. The molecule has 2 aromatic rings. The molecule has 0 aromatic heterocycles. The first-order valence-corrected chi connectivity index (χ1v) is 6.95. The Morgan fingerprint density at radius 1 is 1.05 bits per heavy atom. The van der Waals surface area contributed by atoms with E-state index in [1.807, 2.05) is 36.4 Å². The Morgan fingerprint density at radius 3 is 2.53 bits per heavy atom. The van der Waals surface area contributed by atoms with E-state index in [0.29, 0.717) is 6.61 Å². The second-order valence-corrected chi connectivity index (χ2v) is 5.04. The van der Waals surface area contributed by atoms with Gasteiger partial charge in [0.25, 0.3) is 0 Å². The Labute approximate surface area is 117 Å². The third-order valence-corrected chi connectivity index (χ3v) is 3.48. The summed E-state index contributed by atoms with van der Waals surface area (Å²) < 4.78 is 10.8. The number of phenols is 1. The van der Waals surface area contributed by atoms with Gasteiger partial charge in [-0.2, -0.15) is 0 Å². The van der Waals surface area contributed by atoms with Crippen LogP contribution in [0, 0.1) is 0 Å². The zero-order valence-corrected chi connectivity index (χ0v) is 11.5. The first-order chi connectivity index (χ1) is 9.28. The van der Waals surface area contributed by atoms with Gasteiger partial charge in [-0.1, -0.05) is 6.07 Å². The van der Waals surface area contributed by atoms with E-state index in [4.69, 9.17) is 9.47 Å². The summed E-state index contributed by atoms with van der Waals surface area (Å²) in [5.41, 5.74) is 0. The van der Waals surface area contributed by atoms with Crippen LogP contribution >= 0.6 is 11.8 Å². The van der Waals surface area contributed by atoms with E-state index in [1.54, 1.807) is 31.0 Å². The van der Waals surface area contributed by atoms with Crippen LogP contribution in [0.15, 0.2) is 53.4 Å². The Bertz CT molecular complexity index is 511. The number of phenolic OH excluding ortho intramolecular Hbond substituents is 1. The molecule has 2 rings (SSSR count). The van der Waals surface area contributed by atoms with E-state index in [9.17, 15) is 5.11 Å². The maximum Gasteiger partial charge on any atom is 0.123 e. The van der Waals surface area contributed by atoms with Gasteiger partial charge >= 0.3 is 0 Å². The number of thioether (sulfide) groups is 1. The lowest BCUT2D eigenvalue weighted by molar-refractivity contribution is 0.339. The topological polar surface area (TPSA) is 38.7 Å². The average Bonchev–Trinajstić information content (AvgIpc) is 2.46. The molecule has 0 atom stereocenters. The number of ether oxygens (including phenoxy) is 2. The Hall–Kier alpha value is -1.81. The van der Waals surface area contributed by atoms with Gasteiger partial charge in [0.05, 0.1) is 13.7 Å². The minimum atomic E-state index is 0.289. The van der Waals surface area contributed by atoms with Crippen molar-refractivity contribution in [2.75, 3.05) is 19.5 Å². The SMILES string of the molecule is COc1cccc(OCCSc2ccc(O)cc2)c1. The highest BCUT2D eigenvalue weighted by atomic mass is 32.2. The summed E-state index contributed by atoms with van der Waals surface area (Å²) in [7, 11) is 1.64. The predicted octanol–water partition coefficient (Wildman–Crippen LogP) is 3.57. The smallest absolute Gasteiger partial charge is 0.123 e. The third-order valence-electron chi connectivity index (χ3n) is 2.50. The van der Waals surface area contributed by atoms with Crippen LogP contribution in [0.3, 0.4) is 0 Å². The van der Waals surface area contributed by atoms with Gasteiger partial charge in [0.2, 0.25) is 0 Å². The summed E-state index contributed by atoms with van der Waals surface area (Å²) in [6, 6.07) is 14.7. The van der Waals surface area contributed by atoms with Crippen LogP contribution in [-0.4, -0.2) is 24.6 Å². The van der Waals surface area contributed by atoms with Crippen LogP contribution in [-0.2, 0) is 0 Å². The number of benzene rings is 2. The summed E-state index contributed by atoms with van der Waals surface area (Å²) in [6.45, 7) is 0.624. The van der Waals surface area contributed by atoms with E-state index < -0.39 is 0 Å². The first-order valence-electron chi connectivity index (χ1n) is 5.96. The number of rotatable bonds is 6. The highest BCUT2D eigenvalue weighted by Crippen LogP contribution is 2.22. The molecule has 0 spiro atoms. The molecule has 0 saturated heterocycles. The molecule has 100 valence electrons. The zero-order valence-electron chi connectivity index (χ0n) is 10.7. The molecular weight excluding hydrogens is 260 g/mol. The van der Waals surface area contributed by atoms with E-state index in [2.05, 4.69) is 0 Å². The maximum atomic E-state index is 9.18. The highest BCUT2D eigenvalue weighted by molar-refractivity contribution is 7.99. The van der Waals surface area contributed by atoms with Crippen LogP contribution in [0.2, 0.25) is 0 Å². The molecule has 0 unspecified atom stereocenters. The molecule has 0 aliphatic carbocycles. The number of hydrogen-bond acceptors (Lipinski definition) is 4. The van der Waals surface area contributed by atoms with Crippen molar-refractivity contribution in [1.29, 1.82) is 0 Å². The van der Waals surface area contributed by atoms with E-state index in [-0.39, 0.29) is 5.75 Å². The normalized spacial score (nSPS) is 10.2. The molecule has 2 aromatic carbocycles. The largest absolute Gasteiger partial charge is 0.508 e. The molecule has 3 nitrogen and oxygen atoms in total. The Balaban J connectivity index is 1.75. The van der Waals surface area contributed by atoms with Crippen LogP contribution in [0.25, 0.3) is 0 Å². The van der Waals surface area contributed by atoms with Crippen molar-refractivity contribution < 1.29 is 14.6 Å². The maximum absolute atomic E-state index is 9.18. The lowest BCUT2D eigenvalue weighted by Gasteiger charge is -2.07. The molecular formula is C15H16O3S. The molecule has 4 heteroatoms. The van der Waals surface area contributed by atoms with Gasteiger partial charge < -0.3 is 14.6 Å². The van der Waals surface area contributed by atoms with Gasteiger partial charge in [0.1, 0.15) is 17.2 Å². The van der Waals surface area contributed by atoms with Crippen molar-refractivity contribution >= 4 is 11.8 Å². The minimum absolute atomic E-state index is 0.289. The molecule has 0 aliphatic rings. The molecule has 0 radical (unpaired) electrons. The fourth-order valence-corrected chi connectivity index (χ4v) is 2.28. The van der Waals surface area contributed by atoms with Crippen molar-refractivity contribution in [2.45, 2.75) is 4.90 Å². The molecule has 0 saturated carbocycles. The van der Waals surface area contributed by atoms with Gasteiger partial charge in [-0.15, -0.1) is 11.8 Å². The van der Waals surface area contributed by atoms with Crippen LogP contribution in [0.5, 0.6) is 17.2 Å². The van der Waals surface area contributed by atoms with Gasteiger partial charge in [0.15, 0.2) is 0 Å². The molecule has 0 bridgehead atoms. The average molecular weight is 276 g/mol. The predicted molar refractivity (Wildman–Crippen MR) is 77.3 cm³/mol. The highest BCUT2D eigenvalue weighted by Gasteiger charge is 1.98. The van der Waals surface area contributed by atoms with Crippen molar-refractivity contribution in [2.24, 2.45) is 0 Å². The molecule has 0 aliphatic heterocycles. The summed E-state index contributed by atoms with van der Waals surface area (Å²) in [6.07, 6.45) is 0. The van der Waals surface area contributed by atoms with Crippen molar-refractivity contribution in [3.05, 3.63) is 48.5 Å². The third kappa shape index (κ3) is 4.41. The van der Waals surface area contributed by atoms with Crippen molar-refractivity contribution in [3.63, 3.8) is 0 Å². The van der Waals surface area contributed by atoms with Gasteiger partial charge in [0, 0.05) is 16.7 Å². The lowest BCUT2D eigenvalue weighted by atomic mass is 10.3.